The van der Waals surface area contributed by atoms with Crippen LogP contribution in [0.3, 0.4) is 0 Å². The third kappa shape index (κ3) is 4.53. The quantitative estimate of drug-likeness (QED) is 0.634. The number of oxazole rings is 1. The van der Waals surface area contributed by atoms with E-state index in [1.807, 2.05) is 0 Å². The third-order valence-electron chi connectivity index (χ3n) is 3.95. The van der Waals surface area contributed by atoms with Gasteiger partial charge in [-0.3, -0.25) is 9.59 Å². The molecule has 0 saturated heterocycles. The summed E-state index contributed by atoms with van der Waals surface area (Å²) in [4.78, 5) is 39.9. The molecule has 28 heavy (non-hydrogen) atoms. The summed E-state index contributed by atoms with van der Waals surface area (Å²) in [6.45, 7) is 3.16. The lowest BCUT2D eigenvalue weighted by molar-refractivity contribution is -0.124. The first-order chi connectivity index (χ1) is 13.5. The van der Waals surface area contributed by atoms with Gasteiger partial charge >= 0.3 is 5.97 Å². The zero-order valence-corrected chi connectivity index (χ0v) is 15.4. The number of esters is 1. The molecule has 2 aromatic carbocycles. The van der Waals surface area contributed by atoms with Crippen LogP contribution in [0.15, 0.2) is 53.3 Å². The van der Waals surface area contributed by atoms with Crippen LogP contribution in [0, 0.1) is 0 Å². The van der Waals surface area contributed by atoms with Crippen LogP contribution in [-0.2, 0) is 14.3 Å². The van der Waals surface area contributed by atoms with Gasteiger partial charge in [-0.05, 0) is 48.9 Å². The number of amides is 2. The predicted octanol–water partition coefficient (Wildman–Crippen LogP) is 3.36. The zero-order chi connectivity index (χ0) is 20.1. The largest absolute Gasteiger partial charge is 0.449 e. The molecule has 3 rings (SSSR count). The minimum Gasteiger partial charge on any atom is -0.449 e. The molecule has 0 spiro atoms. The molecule has 0 aliphatic heterocycles. The number of fused-ring (bicyclic) bond motifs is 1. The van der Waals surface area contributed by atoms with Crippen molar-refractivity contribution in [3.8, 4) is 0 Å². The van der Waals surface area contributed by atoms with E-state index in [1.54, 1.807) is 43.3 Å². The molecule has 2 N–H and O–H groups in total. The summed E-state index contributed by atoms with van der Waals surface area (Å²) < 4.78 is 10.5. The smallest absolute Gasteiger partial charge is 0.339 e. The molecule has 0 fully saturated rings. The van der Waals surface area contributed by atoms with Crippen LogP contribution in [0.1, 0.15) is 30.6 Å². The number of carbonyl (C=O) groups is 3. The standard InChI is InChI=1S/C20H19N3O5/c1-3-17(19(25)23-15-7-5-14(6-8-15)22-12(2)24)28-20(26)13-4-9-16-18(10-13)27-11-21-16/h4-11,17H,3H2,1-2H3,(H,22,24)(H,23,25). The monoisotopic (exact) mass is 381 g/mol. The second kappa shape index (κ2) is 8.34. The fourth-order valence-electron chi connectivity index (χ4n) is 2.56. The van der Waals surface area contributed by atoms with Crippen molar-refractivity contribution in [1.29, 1.82) is 0 Å². The molecule has 0 saturated carbocycles. The lowest BCUT2D eigenvalue weighted by Gasteiger charge is -2.16. The van der Waals surface area contributed by atoms with Crippen LogP contribution in [0.25, 0.3) is 11.1 Å². The summed E-state index contributed by atoms with van der Waals surface area (Å²) in [5.74, 6) is -1.25. The van der Waals surface area contributed by atoms with Crippen molar-refractivity contribution in [1.82, 2.24) is 4.98 Å². The van der Waals surface area contributed by atoms with Crippen molar-refractivity contribution in [3.63, 3.8) is 0 Å². The van der Waals surface area contributed by atoms with Gasteiger partial charge in [-0.25, -0.2) is 9.78 Å². The number of benzene rings is 2. The maximum absolute atomic E-state index is 12.5. The van der Waals surface area contributed by atoms with E-state index in [0.29, 0.717) is 28.9 Å². The van der Waals surface area contributed by atoms with Crippen molar-refractivity contribution >= 4 is 40.3 Å². The highest BCUT2D eigenvalue weighted by Gasteiger charge is 2.22. The number of carbonyl (C=O) groups excluding carboxylic acids is 3. The Morgan fingerprint density at radius 1 is 1.07 bits per heavy atom. The Labute approximate surface area is 160 Å². The Bertz CT molecular complexity index is 1010. The lowest BCUT2D eigenvalue weighted by atomic mass is 10.2. The van der Waals surface area contributed by atoms with E-state index >= 15 is 0 Å². The molecule has 1 aromatic heterocycles. The molecule has 144 valence electrons. The summed E-state index contributed by atoms with van der Waals surface area (Å²) in [5.41, 5.74) is 2.51. The van der Waals surface area contributed by atoms with E-state index in [0.717, 1.165) is 0 Å². The fraction of sp³-hybridized carbons (Fsp3) is 0.200. The highest BCUT2D eigenvalue weighted by molar-refractivity contribution is 5.98. The molecule has 0 bridgehead atoms. The molecule has 1 heterocycles. The molecule has 8 nitrogen and oxygen atoms in total. The van der Waals surface area contributed by atoms with Gasteiger partial charge in [-0.1, -0.05) is 6.92 Å². The van der Waals surface area contributed by atoms with E-state index in [2.05, 4.69) is 15.6 Å². The molecule has 8 heteroatoms. The average molecular weight is 381 g/mol. The Morgan fingerprint density at radius 2 is 1.75 bits per heavy atom. The highest BCUT2D eigenvalue weighted by atomic mass is 16.5. The van der Waals surface area contributed by atoms with Crippen LogP contribution in [0.5, 0.6) is 0 Å². The van der Waals surface area contributed by atoms with E-state index in [4.69, 9.17) is 9.15 Å². The Morgan fingerprint density at radius 3 is 2.39 bits per heavy atom. The number of ether oxygens (including phenoxy) is 1. The van der Waals surface area contributed by atoms with Crippen LogP contribution in [-0.4, -0.2) is 28.9 Å². The fourth-order valence-corrected chi connectivity index (χ4v) is 2.56. The summed E-state index contributed by atoms with van der Waals surface area (Å²) in [7, 11) is 0. The van der Waals surface area contributed by atoms with Crippen LogP contribution < -0.4 is 10.6 Å². The van der Waals surface area contributed by atoms with Crippen molar-refractivity contribution in [2.24, 2.45) is 0 Å². The number of nitrogens with zero attached hydrogens (tertiary/aromatic N) is 1. The van der Waals surface area contributed by atoms with Gasteiger partial charge in [0.05, 0.1) is 5.56 Å². The summed E-state index contributed by atoms with van der Waals surface area (Å²) in [5, 5.41) is 5.34. The first-order valence-corrected chi connectivity index (χ1v) is 8.69. The van der Waals surface area contributed by atoms with E-state index < -0.39 is 18.0 Å². The molecule has 3 aromatic rings. The average Bonchev–Trinajstić information content (AvgIpc) is 3.14. The maximum atomic E-state index is 12.5. The molecule has 0 radical (unpaired) electrons. The second-order valence-corrected chi connectivity index (χ2v) is 6.08. The predicted molar refractivity (Wildman–Crippen MR) is 103 cm³/mol. The first-order valence-electron chi connectivity index (χ1n) is 8.69. The van der Waals surface area contributed by atoms with Crippen molar-refractivity contribution < 1.29 is 23.5 Å². The minimum absolute atomic E-state index is 0.182. The van der Waals surface area contributed by atoms with Crippen LogP contribution in [0.4, 0.5) is 11.4 Å². The molecular formula is C20H19N3O5. The number of aromatic nitrogens is 1. The Balaban J connectivity index is 1.64. The van der Waals surface area contributed by atoms with Crippen molar-refractivity contribution in [2.45, 2.75) is 26.4 Å². The Hall–Kier alpha value is -3.68. The SMILES string of the molecule is CCC(OC(=O)c1ccc2ncoc2c1)C(=O)Nc1ccc(NC(C)=O)cc1. The molecule has 0 aliphatic rings. The normalized spacial score (nSPS) is 11.6. The van der Waals surface area contributed by atoms with Gasteiger partial charge in [-0.2, -0.15) is 0 Å². The number of hydrogen-bond donors (Lipinski definition) is 2. The van der Waals surface area contributed by atoms with Gasteiger partial charge in [0.2, 0.25) is 5.91 Å². The second-order valence-electron chi connectivity index (χ2n) is 6.08. The Kier molecular flexibility index (Phi) is 5.69. The van der Waals surface area contributed by atoms with Gasteiger partial charge < -0.3 is 19.8 Å². The van der Waals surface area contributed by atoms with Crippen molar-refractivity contribution in [3.05, 3.63) is 54.4 Å². The molecule has 1 atom stereocenters. The van der Waals surface area contributed by atoms with Gasteiger partial charge in [0.25, 0.3) is 5.91 Å². The van der Waals surface area contributed by atoms with Gasteiger partial charge in [0.15, 0.2) is 18.1 Å². The van der Waals surface area contributed by atoms with Gasteiger partial charge in [0, 0.05) is 18.3 Å². The highest BCUT2D eigenvalue weighted by Crippen LogP contribution is 2.17. The lowest BCUT2D eigenvalue weighted by Crippen LogP contribution is -2.32. The summed E-state index contributed by atoms with van der Waals surface area (Å²) in [6.07, 6.45) is 0.652. The number of anilines is 2. The molecule has 2 amide bonds. The molecule has 1 unspecified atom stereocenters. The van der Waals surface area contributed by atoms with E-state index in [-0.39, 0.29) is 11.5 Å². The minimum atomic E-state index is -0.951. The zero-order valence-electron chi connectivity index (χ0n) is 15.4. The van der Waals surface area contributed by atoms with E-state index in [1.165, 1.54) is 19.4 Å². The molecule has 0 aliphatic carbocycles. The number of rotatable bonds is 6. The number of nitrogens with one attached hydrogen (secondary N) is 2. The van der Waals surface area contributed by atoms with E-state index in [9.17, 15) is 14.4 Å². The van der Waals surface area contributed by atoms with Crippen molar-refractivity contribution in [2.75, 3.05) is 10.6 Å². The summed E-state index contributed by atoms with van der Waals surface area (Å²) in [6, 6.07) is 11.4. The van der Waals surface area contributed by atoms with Crippen LogP contribution >= 0.6 is 0 Å². The van der Waals surface area contributed by atoms with Gasteiger partial charge in [0.1, 0.15) is 5.52 Å². The maximum Gasteiger partial charge on any atom is 0.339 e. The summed E-state index contributed by atoms with van der Waals surface area (Å²) >= 11 is 0. The third-order valence-corrected chi connectivity index (χ3v) is 3.95. The molecular weight excluding hydrogens is 362 g/mol. The number of hydrogen-bond acceptors (Lipinski definition) is 6. The topological polar surface area (TPSA) is 111 Å². The van der Waals surface area contributed by atoms with Gasteiger partial charge in [-0.15, -0.1) is 0 Å². The first kappa shape index (κ1) is 19.1. The van der Waals surface area contributed by atoms with Crippen LogP contribution in [0.2, 0.25) is 0 Å².